The Morgan fingerprint density at radius 2 is 1.97 bits per heavy atom. The normalized spacial score (nSPS) is 17.9. The number of hydrogen-bond donors (Lipinski definition) is 2. The van der Waals surface area contributed by atoms with E-state index in [-0.39, 0.29) is 12.1 Å². The zero-order valence-electron chi connectivity index (χ0n) is 16.8. The van der Waals surface area contributed by atoms with E-state index in [1.165, 1.54) is 11.3 Å². The molecule has 3 rings (SSSR count). The first-order valence-electron chi connectivity index (χ1n) is 10.2. The van der Waals surface area contributed by atoms with Crippen LogP contribution in [0, 0.1) is 0 Å². The average molecular weight is 436 g/mol. The first kappa shape index (κ1) is 22.0. The Morgan fingerprint density at radius 1 is 1.17 bits per heavy atom. The number of piperidine rings is 1. The second kappa shape index (κ2) is 10.3. The number of sulfonamides is 1. The molecule has 0 bridgehead atoms. The summed E-state index contributed by atoms with van der Waals surface area (Å²) in [7, 11) is -3.54. The lowest BCUT2D eigenvalue weighted by Gasteiger charge is -2.34. The van der Waals surface area contributed by atoms with Gasteiger partial charge >= 0.3 is 0 Å². The summed E-state index contributed by atoms with van der Waals surface area (Å²) < 4.78 is 28.4. The van der Waals surface area contributed by atoms with Crippen molar-refractivity contribution in [2.45, 2.75) is 55.9 Å². The molecule has 1 aliphatic heterocycles. The summed E-state index contributed by atoms with van der Waals surface area (Å²) in [5.41, 5.74) is 0.589. The van der Waals surface area contributed by atoms with E-state index in [4.69, 9.17) is 0 Å². The van der Waals surface area contributed by atoms with Crippen LogP contribution >= 0.6 is 11.3 Å². The summed E-state index contributed by atoms with van der Waals surface area (Å²) >= 11 is 1.23. The maximum Gasteiger partial charge on any atom is 0.253 e. The summed E-state index contributed by atoms with van der Waals surface area (Å²) in [6.07, 6.45) is 4.75. The Balaban J connectivity index is 1.65. The third-order valence-corrected chi connectivity index (χ3v) is 8.48. The van der Waals surface area contributed by atoms with Crippen LogP contribution in [0.15, 0.2) is 46.7 Å². The van der Waals surface area contributed by atoms with Gasteiger partial charge in [0.2, 0.25) is 0 Å². The minimum absolute atomic E-state index is 0.136. The van der Waals surface area contributed by atoms with Gasteiger partial charge in [0.1, 0.15) is 4.21 Å². The Bertz CT molecular complexity index is 897. The van der Waals surface area contributed by atoms with Crippen LogP contribution < -0.4 is 10.6 Å². The van der Waals surface area contributed by atoms with Gasteiger partial charge in [0.05, 0.1) is 12.7 Å². The average Bonchev–Trinajstić information content (AvgIpc) is 3.23. The van der Waals surface area contributed by atoms with Gasteiger partial charge in [0.15, 0.2) is 0 Å². The van der Waals surface area contributed by atoms with Gasteiger partial charge in [-0.25, -0.2) is 8.42 Å². The van der Waals surface area contributed by atoms with E-state index in [0.29, 0.717) is 22.9 Å². The molecule has 6 nitrogen and oxygen atoms in total. The molecule has 1 unspecified atom stereocenters. The largest absolute Gasteiger partial charge is 0.347 e. The highest BCUT2D eigenvalue weighted by Gasteiger charge is 2.34. The number of unbranched alkanes of at least 4 members (excludes halogenated alkanes) is 1. The number of carbonyl (C=O) groups is 1. The van der Waals surface area contributed by atoms with Crippen molar-refractivity contribution in [3.63, 3.8) is 0 Å². The molecule has 0 radical (unpaired) electrons. The van der Waals surface area contributed by atoms with Crippen LogP contribution in [0.2, 0.25) is 0 Å². The number of hydrogen-bond acceptors (Lipinski definition) is 5. The molecular weight excluding hydrogens is 406 g/mol. The molecule has 0 spiro atoms. The summed E-state index contributed by atoms with van der Waals surface area (Å²) in [5.74, 6) is -0.167. The van der Waals surface area contributed by atoms with Crippen LogP contribution in [-0.2, 0) is 16.6 Å². The molecule has 2 N–H and O–H groups in total. The number of nitrogens with one attached hydrogen (secondary N) is 2. The number of thiophene rings is 1. The molecule has 1 atom stereocenters. The molecule has 2 heterocycles. The van der Waals surface area contributed by atoms with Crippen LogP contribution in [0.4, 0.5) is 0 Å². The zero-order chi connectivity index (χ0) is 20.7. The Hall–Kier alpha value is -1.74. The SMILES string of the molecule is CCCCNC1CCCCN1S(=O)(=O)c1ccc(CNC(=O)c2ccccc2)s1. The van der Waals surface area contributed by atoms with E-state index >= 15 is 0 Å². The molecule has 29 heavy (non-hydrogen) atoms. The minimum Gasteiger partial charge on any atom is -0.347 e. The number of amides is 1. The molecule has 1 saturated heterocycles. The fourth-order valence-electron chi connectivity index (χ4n) is 3.41. The van der Waals surface area contributed by atoms with Gasteiger partial charge in [-0.15, -0.1) is 11.3 Å². The number of nitrogens with zero attached hydrogens (tertiary/aromatic N) is 1. The Morgan fingerprint density at radius 3 is 2.72 bits per heavy atom. The van der Waals surface area contributed by atoms with Crippen molar-refractivity contribution in [2.75, 3.05) is 13.1 Å². The molecule has 1 fully saturated rings. The van der Waals surface area contributed by atoms with Crippen LogP contribution in [0.3, 0.4) is 0 Å². The van der Waals surface area contributed by atoms with Crippen LogP contribution in [0.1, 0.15) is 54.3 Å². The summed E-state index contributed by atoms with van der Waals surface area (Å²) in [6.45, 7) is 3.81. The van der Waals surface area contributed by atoms with Gasteiger partial charge in [0.25, 0.3) is 15.9 Å². The third kappa shape index (κ3) is 5.66. The molecular formula is C21H29N3O3S2. The van der Waals surface area contributed by atoms with Crippen molar-refractivity contribution in [3.05, 3.63) is 52.9 Å². The highest BCUT2D eigenvalue weighted by molar-refractivity contribution is 7.91. The predicted molar refractivity (Wildman–Crippen MR) is 116 cm³/mol. The smallest absolute Gasteiger partial charge is 0.253 e. The van der Waals surface area contributed by atoms with E-state index in [9.17, 15) is 13.2 Å². The lowest BCUT2D eigenvalue weighted by molar-refractivity contribution is 0.0951. The van der Waals surface area contributed by atoms with Gasteiger partial charge in [-0.1, -0.05) is 31.5 Å². The van der Waals surface area contributed by atoms with Gasteiger partial charge in [-0.3, -0.25) is 4.79 Å². The molecule has 158 valence electrons. The predicted octanol–water partition coefficient (Wildman–Crippen LogP) is 3.57. The quantitative estimate of drug-likeness (QED) is 0.590. The van der Waals surface area contributed by atoms with Crippen LogP contribution in [0.25, 0.3) is 0 Å². The zero-order valence-corrected chi connectivity index (χ0v) is 18.4. The maximum atomic E-state index is 13.2. The van der Waals surface area contributed by atoms with E-state index in [1.54, 1.807) is 28.6 Å². The fraction of sp³-hybridized carbons (Fsp3) is 0.476. The summed E-state index contributed by atoms with van der Waals surface area (Å²) in [5, 5.41) is 6.26. The van der Waals surface area contributed by atoms with Crippen molar-refractivity contribution >= 4 is 27.3 Å². The van der Waals surface area contributed by atoms with Crippen molar-refractivity contribution in [1.29, 1.82) is 0 Å². The molecule has 1 aliphatic rings. The van der Waals surface area contributed by atoms with E-state index in [2.05, 4.69) is 17.6 Å². The second-order valence-corrected chi connectivity index (χ2v) is 10.5. The van der Waals surface area contributed by atoms with E-state index in [0.717, 1.165) is 43.5 Å². The van der Waals surface area contributed by atoms with E-state index < -0.39 is 10.0 Å². The lowest BCUT2D eigenvalue weighted by atomic mass is 10.1. The first-order valence-corrected chi connectivity index (χ1v) is 12.4. The highest BCUT2D eigenvalue weighted by atomic mass is 32.2. The van der Waals surface area contributed by atoms with Gasteiger partial charge < -0.3 is 10.6 Å². The van der Waals surface area contributed by atoms with Crippen molar-refractivity contribution < 1.29 is 13.2 Å². The minimum atomic E-state index is -3.54. The van der Waals surface area contributed by atoms with Crippen molar-refractivity contribution in [1.82, 2.24) is 14.9 Å². The Kier molecular flexibility index (Phi) is 7.83. The molecule has 1 amide bonds. The fourth-order valence-corrected chi connectivity index (χ4v) is 6.47. The summed E-state index contributed by atoms with van der Waals surface area (Å²) in [4.78, 5) is 13.0. The topological polar surface area (TPSA) is 78.5 Å². The number of rotatable bonds is 9. The molecule has 8 heteroatoms. The van der Waals surface area contributed by atoms with Crippen LogP contribution in [-0.4, -0.2) is 37.9 Å². The second-order valence-electron chi connectivity index (χ2n) is 7.20. The van der Waals surface area contributed by atoms with Crippen LogP contribution in [0.5, 0.6) is 0 Å². The highest BCUT2D eigenvalue weighted by Crippen LogP contribution is 2.29. The number of benzene rings is 1. The van der Waals surface area contributed by atoms with Gasteiger partial charge in [0, 0.05) is 17.0 Å². The molecule has 1 aromatic carbocycles. The molecule has 1 aromatic heterocycles. The monoisotopic (exact) mass is 435 g/mol. The molecule has 0 aliphatic carbocycles. The van der Waals surface area contributed by atoms with Gasteiger partial charge in [-0.2, -0.15) is 4.31 Å². The third-order valence-electron chi connectivity index (χ3n) is 5.02. The maximum absolute atomic E-state index is 13.2. The Labute approximate surface area is 177 Å². The standard InChI is InChI=1S/C21H29N3O3S2/c1-2-3-14-22-19-11-7-8-15-24(19)29(26,27)20-13-12-18(28-20)16-23-21(25)17-9-5-4-6-10-17/h4-6,9-10,12-13,19,22H,2-3,7-8,11,14-16H2,1H3,(H,23,25). The molecule has 2 aromatic rings. The van der Waals surface area contributed by atoms with Crippen molar-refractivity contribution in [2.24, 2.45) is 0 Å². The summed E-state index contributed by atoms with van der Waals surface area (Å²) in [6, 6.07) is 12.4. The first-order chi connectivity index (χ1) is 14.0. The van der Waals surface area contributed by atoms with E-state index in [1.807, 2.05) is 18.2 Å². The van der Waals surface area contributed by atoms with Gasteiger partial charge in [-0.05, 0) is 56.5 Å². The molecule has 0 saturated carbocycles. The lowest BCUT2D eigenvalue weighted by Crippen LogP contribution is -2.51. The number of carbonyl (C=O) groups excluding carboxylic acids is 1. The van der Waals surface area contributed by atoms with Crippen molar-refractivity contribution in [3.8, 4) is 0 Å².